The second kappa shape index (κ2) is 3.12. The van der Waals surface area contributed by atoms with Crippen LogP contribution in [0, 0.1) is 0 Å². The molecule has 3 nitrogen and oxygen atoms in total. The lowest BCUT2D eigenvalue weighted by atomic mass is 10.1. The van der Waals surface area contributed by atoms with Gasteiger partial charge in [0.15, 0.2) is 0 Å². The minimum Gasteiger partial charge on any atom is -0.377 e. The van der Waals surface area contributed by atoms with E-state index in [-0.39, 0.29) is 6.54 Å². The fraction of sp³-hybridized carbons (Fsp3) is 0.286. The summed E-state index contributed by atoms with van der Waals surface area (Å²) in [6.45, 7) is 0.0472. The number of nitrogens with two attached hydrogens (primary N) is 1. The Morgan fingerprint density at radius 3 is 2.54 bits per heavy atom. The van der Waals surface area contributed by atoms with E-state index < -0.39 is 23.4 Å². The molecule has 0 bridgehead atoms. The standard InChI is InChI=1S/C7H7F3N2O/c8-7(9,10)5-4(6(11)13)2-1-3-12-5/h1-2,12H,3H2,(H2,11,13). The Morgan fingerprint density at radius 2 is 2.15 bits per heavy atom. The van der Waals surface area contributed by atoms with Crippen molar-refractivity contribution in [1.29, 1.82) is 0 Å². The summed E-state index contributed by atoms with van der Waals surface area (Å²) in [5.41, 5.74) is 3.17. The number of alkyl halides is 3. The Balaban J connectivity index is 3.13. The van der Waals surface area contributed by atoms with Gasteiger partial charge in [-0.1, -0.05) is 6.08 Å². The Hall–Kier alpha value is -1.46. The van der Waals surface area contributed by atoms with Gasteiger partial charge in [-0.25, -0.2) is 0 Å². The van der Waals surface area contributed by atoms with Gasteiger partial charge in [-0.3, -0.25) is 4.79 Å². The number of amides is 1. The number of carbonyl (C=O) groups excluding carboxylic acids is 1. The average molecular weight is 192 g/mol. The molecule has 0 radical (unpaired) electrons. The molecule has 0 spiro atoms. The van der Waals surface area contributed by atoms with Crippen molar-refractivity contribution in [2.75, 3.05) is 6.54 Å². The number of primary amides is 1. The van der Waals surface area contributed by atoms with Gasteiger partial charge in [0.2, 0.25) is 0 Å². The predicted molar refractivity (Wildman–Crippen MR) is 39.4 cm³/mol. The number of allylic oxidation sites excluding steroid dienone is 1. The van der Waals surface area contributed by atoms with Crippen molar-refractivity contribution in [1.82, 2.24) is 5.32 Å². The summed E-state index contributed by atoms with van der Waals surface area (Å²) in [7, 11) is 0. The monoisotopic (exact) mass is 192 g/mol. The Bertz CT molecular complexity index is 291. The third-order valence-electron chi connectivity index (χ3n) is 1.50. The van der Waals surface area contributed by atoms with Gasteiger partial charge in [-0.2, -0.15) is 13.2 Å². The highest BCUT2D eigenvalue weighted by atomic mass is 19.4. The van der Waals surface area contributed by atoms with Crippen LogP contribution in [0.4, 0.5) is 13.2 Å². The molecule has 0 saturated heterocycles. The summed E-state index contributed by atoms with van der Waals surface area (Å²) in [6.07, 6.45) is -2.09. The van der Waals surface area contributed by atoms with Crippen LogP contribution < -0.4 is 11.1 Å². The van der Waals surface area contributed by atoms with Crippen molar-refractivity contribution in [2.45, 2.75) is 6.18 Å². The molecule has 0 unspecified atom stereocenters. The van der Waals surface area contributed by atoms with Gasteiger partial charge in [-0.05, 0) is 6.08 Å². The molecule has 0 aromatic rings. The third-order valence-corrected chi connectivity index (χ3v) is 1.50. The lowest BCUT2D eigenvalue weighted by molar-refractivity contribution is -0.117. The summed E-state index contributed by atoms with van der Waals surface area (Å²) in [6, 6.07) is 0. The molecule has 72 valence electrons. The molecule has 3 N–H and O–H groups in total. The number of hydrogen-bond acceptors (Lipinski definition) is 2. The number of nitrogens with one attached hydrogen (secondary N) is 1. The molecule has 0 saturated carbocycles. The molecule has 1 aliphatic rings. The third kappa shape index (κ3) is 2.01. The highest BCUT2D eigenvalue weighted by Gasteiger charge is 2.37. The largest absolute Gasteiger partial charge is 0.431 e. The van der Waals surface area contributed by atoms with Gasteiger partial charge in [0.25, 0.3) is 5.91 Å². The number of rotatable bonds is 1. The summed E-state index contributed by atoms with van der Waals surface area (Å²) >= 11 is 0. The molecule has 1 heterocycles. The molecule has 0 aromatic carbocycles. The lowest BCUT2D eigenvalue weighted by Crippen LogP contribution is -2.33. The minimum atomic E-state index is -4.56. The number of dihydropyridines is 1. The van der Waals surface area contributed by atoms with Crippen LogP contribution in [-0.4, -0.2) is 18.6 Å². The van der Waals surface area contributed by atoms with E-state index in [0.717, 1.165) is 6.08 Å². The van der Waals surface area contributed by atoms with E-state index in [1.54, 1.807) is 0 Å². The van der Waals surface area contributed by atoms with Gasteiger partial charge in [0.05, 0.1) is 5.57 Å². The zero-order valence-corrected chi connectivity index (χ0v) is 6.48. The zero-order valence-electron chi connectivity index (χ0n) is 6.48. The summed E-state index contributed by atoms with van der Waals surface area (Å²) in [5, 5.41) is 2.06. The number of halogens is 3. The highest BCUT2D eigenvalue weighted by Crippen LogP contribution is 2.27. The normalized spacial score (nSPS) is 17.2. The topological polar surface area (TPSA) is 55.1 Å². The molecule has 0 atom stereocenters. The zero-order chi connectivity index (χ0) is 10.1. The minimum absolute atomic E-state index is 0.0472. The first-order chi connectivity index (χ1) is 5.93. The van der Waals surface area contributed by atoms with Crippen LogP contribution in [0.3, 0.4) is 0 Å². The molecule has 0 fully saturated rings. The van der Waals surface area contributed by atoms with Crippen LogP contribution in [0.5, 0.6) is 0 Å². The first-order valence-corrected chi connectivity index (χ1v) is 3.44. The lowest BCUT2D eigenvalue weighted by Gasteiger charge is -2.18. The van der Waals surface area contributed by atoms with E-state index in [0.29, 0.717) is 0 Å². The molecular formula is C7H7F3N2O. The van der Waals surface area contributed by atoms with Crippen molar-refractivity contribution >= 4 is 5.91 Å². The van der Waals surface area contributed by atoms with Crippen LogP contribution in [0.2, 0.25) is 0 Å². The fourth-order valence-electron chi connectivity index (χ4n) is 0.975. The molecule has 13 heavy (non-hydrogen) atoms. The molecule has 0 aliphatic carbocycles. The second-order valence-corrected chi connectivity index (χ2v) is 2.43. The van der Waals surface area contributed by atoms with Crippen LogP contribution in [-0.2, 0) is 4.79 Å². The second-order valence-electron chi connectivity index (χ2n) is 2.43. The molecule has 6 heteroatoms. The van der Waals surface area contributed by atoms with E-state index in [4.69, 9.17) is 5.73 Å². The summed E-state index contributed by atoms with van der Waals surface area (Å²) < 4.78 is 36.6. The van der Waals surface area contributed by atoms with Gasteiger partial charge in [0, 0.05) is 6.54 Å². The number of hydrogen-bond donors (Lipinski definition) is 2. The predicted octanol–water partition coefficient (Wildman–Crippen LogP) is 0.448. The van der Waals surface area contributed by atoms with E-state index in [1.807, 2.05) is 0 Å². The van der Waals surface area contributed by atoms with Crippen LogP contribution in [0.25, 0.3) is 0 Å². The van der Waals surface area contributed by atoms with Gasteiger partial charge in [0.1, 0.15) is 5.70 Å². The van der Waals surface area contributed by atoms with Crippen molar-refractivity contribution in [3.05, 3.63) is 23.4 Å². The van der Waals surface area contributed by atoms with Crippen LogP contribution >= 0.6 is 0 Å². The van der Waals surface area contributed by atoms with Crippen molar-refractivity contribution in [3.63, 3.8) is 0 Å². The summed E-state index contributed by atoms with van der Waals surface area (Å²) in [4.78, 5) is 10.6. The van der Waals surface area contributed by atoms with Crippen molar-refractivity contribution in [3.8, 4) is 0 Å². The van der Waals surface area contributed by atoms with Crippen molar-refractivity contribution < 1.29 is 18.0 Å². The Labute approximate surface area is 72.1 Å². The molecule has 1 amide bonds. The van der Waals surface area contributed by atoms with E-state index in [1.165, 1.54) is 6.08 Å². The molecular weight excluding hydrogens is 185 g/mol. The van der Waals surface area contributed by atoms with Gasteiger partial charge >= 0.3 is 6.18 Å². The SMILES string of the molecule is NC(=O)C1=C(C(F)(F)F)NCC=C1. The molecule has 0 aromatic heterocycles. The average Bonchev–Trinajstić information content (AvgIpc) is 2.03. The molecule has 1 aliphatic heterocycles. The number of carbonyl (C=O) groups is 1. The van der Waals surface area contributed by atoms with Crippen LogP contribution in [0.1, 0.15) is 0 Å². The maximum Gasteiger partial charge on any atom is 0.431 e. The summed E-state index contributed by atoms with van der Waals surface area (Å²) in [5.74, 6) is -1.09. The highest BCUT2D eigenvalue weighted by molar-refractivity contribution is 5.96. The van der Waals surface area contributed by atoms with Crippen LogP contribution in [0.15, 0.2) is 23.4 Å². The van der Waals surface area contributed by atoms with E-state index in [2.05, 4.69) is 5.32 Å². The van der Waals surface area contributed by atoms with Gasteiger partial charge < -0.3 is 11.1 Å². The first kappa shape index (κ1) is 9.63. The molecule has 1 rings (SSSR count). The smallest absolute Gasteiger partial charge is 0.377 e. The van der Waals surface area contributed by atoms with Gasteiger partial charge in [-0.15, -0.1) is 0 Å². The first-order valence-electron chi connectivity index (χ1n) is 3.44. The van der Waals surface area contributed by atoms with Crippen molar-refractivity contribution in [2.24, 2.45) is 5.73 Å². The quantitative estimate of drug-likeness (QED) is 0.633. The fourth-order valence-corrected chi connectivity index (χ4v) is 0.975. The van der Waals surface area contributed by atoms with E-state index in [9.17, 15) is 18.0 Å². The Kier molecular flexibility index (Phi) is 2.31. The van der Waals surface area contributed by atoms with E-state index >= 15 is 0 Å². The maximum absolute atomic E-state index is 12.2. The maximum atomic E-state index is 12.2. The Morgan fingerprint density at radius 1 is 1.54 bits per heavy atom.